The van der Waals surface area contributed by atoms with Gasteiger partial charge in [0.1, 0.15) is 18.4 Å². The maximum Gasteiger partial charge on any atom is 0.410 e. The number of nitriles is 1. The monoisotopic (exact) mass is 303 g/mol. The highest BCUT2D eigenvalue weighted by molar-refractivity contribution is 7.81. The molecular weight excluding hydrogens is 286 g/mol. The molecule has 0 N–H and O–H groups in total. The molecule has 0 aromatic carbocycles. The van der Waals surface area contributed by atoms with Crippen molar-refractivity contribution in [2.24, 2.45) is 0 Å². The molecule has 0 saturated carbocycles. The van der Waals surface area contributed by atoms with Crippen LogP contribution < -0.4 is 0 Å². The van der Waals surface area contributed by atoms with Crippen molar-refractivity contribution in [2.45, 2.75) is 24.1 Å². The van der Waals surface area contributed by atoms with Gasteiger partial charge in [-0.25, -0.2) is 9.78 Å². The molecule has 1 fully saturated rings. The molecule has 2 rings (SSSR count). The van der Waals surface area contributed by atoms with E-state index in [1.807, 2.05) is 6.07 Å². The van der Waals surface area contributed by atoms with Crippen molar-refractivity contribution in [3.8, 4) is 6.07 Å². The summed E-state index contributed by atoms with van der Waals surface area (Å²) < 4.78 is 5.10. The highest BCUT2D eigenvalue weighted by Gasteiger charge is 2.35. The summed E-state index contributed by atoms with van der Waals surface area (Å²) >= 11 is 4.46. The fraction of sp³-hybridized carbons (Fsp3) is 0.400. The third-order valence-corrected chi connectivity index (χ3v) is 3.78. The van der Waals surface area contributed by atoms with E-state index in [0.717, 1.165) is 12.0 Å². The Morgan fingerprint density at radius 3 is 3.24 bits per heavy atom. The highest BCUT2D eigenvalue weighted by Crippen LogP contribution is 2.26. The highest BCUT2D eigenvalue weighted by atomic mass is 32.1. The van der Waals surface area contributed by atoms with E-state index in [1.165, 1.54) is 6.08 Å². The molecule has 1 aliphatic rings. The number of hydrogen-bond donors (Lipinski definition) is 1. The number of thiol groups is 1. The van der Waals surface area contributed by atoms with Crippen molar-refractivity contribution in [3.05, 3.63) is 42.2 Å². The Morgan fingerprint density at radius 1 is 1.71 bits per heavy atom. The van der Waals surface area contributed by atoms with E-state index in [9.17, 15) is 4.79 Å². The summed E-state index contributed by atoms with van der Waals surface area (Å²) in [5, 5.41) is 9.21. The van der Waals surface area contributed by atoms with Gasteiger partial charge in [0.2, 0.25) is 0 Å². The summed E-state index contributed by atoms with van der Waals surface area (Å²) in [5.74, 6) is 0. The molecule has 2 heterocycles. The lowest BCUT2D eigenvalue weighted by Crippen LogP contribution is -2.37. The van der Waals surface area contributed by atoms with E-state index in [-0.39, 0.29) is 24.0 Å². The zero-order chi connectivity index (χ0) is 15.2. The average Bonchev–Trinajstić information content (AvgIpc) is 2.86. The largest absolute Gasteiger partial charge is 0.445 e. The van der Waals surface area contributed by atoms with Gasteiger partial charge in [0.15, 0.2) is 0 Å². The van der Waals surface area contributed by atoms with Gasteiger partial charge in [0.25, 0.3) is 0 Å². The van der Waals surface area contributed by atoms with Crippen LogP contribution in [0.2, 0.25) is 0 Å². The number of nitrogens with zero attached hydrogens (tertiary/aromatic N) is 3. The number of aromatic nitrogens is 1. The van der Waals surface area contributed by atoms with E-state index < -0.39 is 0 Å². The minimum Gasteiger partial charge on any atom is -0.445 e. The van der Waals surface area contributed by atoms with E-state index >= 15 is 0 Å². The molecule has 2 atom stereocenters. The molecule has 21 heavy (non-hydrogen) atoms. The van der Waals surface area contributed by atoms with Gasteiger partial charge in [0, 0.05) is 24.0 Å². The molecule has 0 radical (unpaired) electrons. The van der Waals surface area contributed by atoms with Crippen LogP contribution in [0.15, 0.2) is 31.0 Å². The topological polar surface area (TPSA) is 66.2 Å². The Labute approximate surface area is 129 Å². The molecule has 0 unspecified atom stereocenters. The van der Waals surface area contributed by atoms with Crippen molar-refractivity contribution in [1.82, 2.24) is 9.88 Å². The summed E-state index contributed by atoms with van der Waals surface area (Å²) in [4.78, 5) is 17.8. The van der Waals surface area contributed by atoms with Gasteiger partial charge < -0.3 is 9.64 Å². The fourth-order valence-electron chi connectivity index (χ4n) is 2.48. The number of amides is 1. The molecule has 1 amide bonds. The molecule has 1 aromatic heterocycles. The second kappa shape index (κ2) is 7.14. The van der Waals surface area contributed by atoms with Crippen LogP contribution in [0.4, 0.5) is 4.79 Å². The average molecular weight is 303 g/mol. The maximum absolute atomic E-state index is 12.0. The van der Waals surface area contributed by atoms with Gasteiger partial charge in [-0.05, 0) is 24.5 Å². The van der Waals surface area contributed by atoms with Gasteiger partial charge in [0.05, 0.1) is 0 Å². The third kappa shape index (κ3) is 3.76. The first kappa shape index (κ1) is 15.4. The van der Waals surface area contributed by atoms with Gasteiger partial charge in [-0.1, -0.05) is 18.7 Å². The van der Waals surface area contributed by atoms with Crippen molar-refractivity contribution in [2.75, 3.05) is 13.2 Å². The second-order valence-electron chi connectivity index (χ2n) is 4.89. The fourth-order valence-corrected chi connectivity index (χ4v) is 2.90. The predicted octanol–water partition coefficient (Wildman–Crippen LogP) is 2.19. The normalized spacial score (nSPS) is 20.9. The molecule has 110 valence electrons. The van der Waals surface area contributed by atoms with Crippen molar-refractivity contribution in [1.29, 1.82) is 5.26 Å². The number of rotatable bonds is 4. The molecule has 5 nitrogen and oxygen atoms in total. The van der Waals surface area contributed by atoms with Crippen LogP contribution in [0, 0.1) is 11.3 Å². The van der Waals surface area contributed by atoms with E-state index in [2.05, 4.69) is 30.3 Å². The Bertz CT molecular complexity index is 570. The van der Waals surface area contributed by atoms with Gasteiger partial charge in [-0.3, -0.25) is 0 Å². The first-order chi connectivity index (χ1) is 10.2. The molecule has 0 aliphatic carbocycles. The molecule has 0 spiro atoms. The van der Waals surface area contributed by atoms with Gasteiger partial charge in [-0.2, -0.15) is 17.9 Å². The van der Waals surface area contributed by atoms with Crippen LogP contribution in [0.25, 0.3) is 0 Å². The smallest absolute Gasteiger partial charge is 0.410 e. The summed E-state index contributed by atoms with van der Waals surface area (Å²) in [7, 11) is 0. The Morgan fingerprint density at radius 2 is 2.52 bits per heavy atom. The lowest BCUT2D eigenvalue weighted by molar-refractivity contribution is 0.108. The van der Waals surface area contributed by atoms with Crippen molar-refractivity contribution in [3.63, 3.8) is 0 Å². The lowest BCUT2D eigenvalue weighted by atomic mass is 10.0. The first-order valence-electron chi connectivity index (χ1n) is 6.72. The van der Waals surface area contributed by atoms with E-state index in [4.69, 9.17) is 10.00 Å². The standard InChI is InChI=1S/C15H17N3O2S/c1-2-6-20-15(19)18-10-13(21)8-12(18)7-11-4-3-5-17-14(11)9-16/h2-5,12-13,21H,1,6-8,10H2/t12-,13+/m1/s1. The number of carbonyl (C=O) groups excluding carboxylic acids is 1. The first-order valence-corrected chi connectivity index (χ1v) is 7.23. The minimum absolute atomic E-state index is 0.0267. The lowest BCUT2D eigenvalue weighted by Gasteiger charge is -2.23. The second-order valence-corrected chi connectivity index (χ2v) is 5.62. The Balaban J connectivity index is 2.11. The molecule has 1 aromatic rings. The van der Waals surface area contributed by atoms with Crippen LogP contribution >= 0.6 is 12.6 Å². The molecule has 6 heteroatoms. The Kier molecular flexibility index (Phi) is 5.23. The summed E-state index contributed by atoms with van der Waals surface area (Å²) in [6.45, 7) is 4.27. The van der Waals surface area contributed by atoms with Crippen LogP contribution in [0.5, 0.6) is 0 Å². The van der Waals surface area contributed by atoms with Crippen LogP contribution in [-0.2, 0) is 11.2 Å². The summed E-state index contributed by atoms with van der Waals surface area (Å²) in [5.41, 5.74) is 1.24. The van der Waals surface area contributed by atoms with Gasteiger partial charge in [-0.15, -0.1) is 0 Å². The van der Waals surface area contributed by atoms with Crippen LogP contribution in [0.3, 0.4) is 0 Å². The third-order valence-electron chi connectivity index (χ3n) is 3.40. The number of ether oxygens (including phenoxy) is 1. The number of pyridine rings is 1. The quantitative estimate of drug-likeness (QED) is 0.684. The number of hydrogen-bond acceptors (Lipinski definition) is 5. The minimum atomic E-state index is -0.362. The van der Waals surface area contributed by atoms with E-state index in [1.54, 1.807) is 17.2 Å². The number of carbonyl (C=O) groups is 1. The predicted molar refractivity (Wildman–Crippen MR) is 82.1 cm³/mol. The van der Waals surface area contributed by atoms with Crippen LogP contribution in [0.1, 0.15) is 17.7 Å². The maximum atomic E-state index is 12.0. The Hall–Kier alpha value is -2.00. The summed E-state index contributed by atoms with van der Waals surface area (Å²) in [6, 6.07) is 5.72. The van der Waals surface area contributed by atoms with Crippen molar-refractivity contribution < 1.29 is 9.53 Å². The van der Waals surface area contributed by atoms with Crippen molar-refractivity contribution >= 4 is 18.7 Å². The SMILES string of the molecule is C=CCOC(=O)N1C[C@@H](S)C[C@H]1Cc1cccnc1C#N. The van der Waals surface area contributed by atoms with E-state index in [0.29, 0.717) is 18.7 Å². The molecule has 1 saturated heterocycles. The molecule has 1 aliphatic heterocycles. The van der Waals surface area contributed by atoms with Gasteiger partial charge >= 0.3 is 6.09 Å². The number of likely N-dealkylation sites (tertiary alicyclic amines) is 1. The van der Waals surface area contributed by atoms with Crippen LogP contribution in [-0.4, -0.2) is 40.4 Å². The summed E-state index contributed by atoms with van der Waals surface area (Å²) in [6.07, 6.45) is 4.12. The zero-order valence-electron chi connectivity index (χ0n) is 11.6. The molecule has 0 bridgehead atoms. The molecular formula is C15H17N3O2S. The zero-order valence-corrected chi connectivity index (χ0v) is 12.5.